The molecule has 0 aromatic carbocycles. The Kier molecular flexibility index (Phi) is 36.5. The Morgan fingerprint density at radius 3 is 1.85 bits per heavy atom. The minimum atomic E-state index is -0.221. The molecule has 0 unspecified atom stereocenters. The molecule has 0 bridgehead atoms. The van der Waals surface area contributed by atoms with Gasteiger partial charge in [-0.3, -0.25) is 14.4 Å². The lowest BCUT2D eigenvalue weighted by atomic mass is 10.1. The Balaban J connectivity index is -0.000000407. The van der Waals surface area contributed by atoms with Gasteiger partial charge in [-0.1, -0.05) is 66.2 Å². The Morgan fingerprint density at radius 1 is 0.848 bits per heavy atom. The number of likely N-dealkylation sites (tertiary alicyclic amines) is 1. The topological polar surface area (TPSA) is 72.9 Å². The van der Waals surface area contributed by atoms with E-state index in [1.54, 1.807) is 0 Å². The van der Waals surface area contributed by atoms with Gasteiger partial charge < -0.3 is 14.4 Å². The number of carbonyl (C=O) groups excluding carboxylic acids is 3. The van der Waals surface area contributed by atoms with E-state index in [0.717, 1.165) is 44.9 Å². The summed E-state index contributed by atoms with van der Waals surface area (Å²) in [5.74, 6) is -0.144. The summed E-state index contributed by atoms with van der Waals surface area (Å²) in [5.41, 5.74) is 0. The number of esters is 1. The van der Waals surface area contributed by atoms with Crippen LogP contribution in [0.5, 0.6) is 0 Å². The number of halogens is 1. The Morgan fingerprint density at radius 2 is 1.39 bits per heavy atom. The van der Waals surface area contributed by atoms with Crippen molar-refractivity contribution in [3.63, 3.8) is 0 Å². The molecular weight excluding hydrogens is 442 g/mol. The molecule has 6 nitrogen and oxygen atoms in total. The third kappa shape index (κ3) is 38.4. The third-order valence-corrected chi connectivity index (χ3v) is 4.88. The largest absolute Gasteiger partial charge is 0.469 e. The highest BCUT2D eigenvalue weighted by Crippen LogP contribution is 2.07. The van der Waals surface area contributed by atoms with Gasteiger partial charge in [-0.25, -0.2) is 0 Å². The van der Waals surface area contributed by atoms with Crippen LogP contribution < -0.4 is 0 Å². The monoisotopic (exact) mass is 493 g/mol. The molecule has 198 valence electrons. The lowest BCUT2D eigenvalue weighted by molar-refractivity contribution is -0.140. The quantitative estimate of drug-likeness (QED) is 0.107. The Hall–Kier alpha value is -1.14. The van der Waals surface area contributed by atoms with E-state index in [9.17, 15) is 14.4 Å². The molecular formula is C26H52ClNO5. The normalized spacial score (nSPS) is 12.2. The van der Waals surface area contributed by atoms with E-state index in [2.05, 4.69) is 35.1 Å². The molecule has 1 saturated heterocycles. The highest BCUT2D eigenvalue weighted by Gasteiger charge is 2.09. The van der Waals surface area contributed by atoms with Gasteiger partial charge >= 0.3 is 5.97 Å². The van der Waals surface area contributed by atoms with Gasteiger partial charge in [0.05, 0.1) is 13.7 Å². The molecule has 0 aromatic rings. The number of unbranched alkanes of at least 4 members (excludes halogenated alkanes) is 6. The van der Waals surface area contributed by atoms with Crippen molar-refractivity contribution in [1.29, 1.82) is 0 Å². The molecule has 1 aliphatic heterocycles. The van der Waals surface area contributed by atoms with Gasteiger partial charge in [0, 0.05) is 12.8 Å². The van der Waals surface area contributed by atoms with Crippen LogP contribution in [0.4, 0.5) is 0 Å². The van der Waals surface area contributed by atoms with Crippen molar-refractivity contribution in [2.75, 3.05) is 33.4 Å². The molecule has 0 N–H and O–H groups in total. The van der Waals surface area contributed by atoms with Crippen molar-refractivity contribution >= 4 is 29.3 Å². The molecule has 0 radical (unpaired) electrons. The second-order valence-electron chi connectivity index (χ2n) is 8.13. The minimum absolute atomic E-state index is 0.144. The van der Waals surface area contributed by atoms with Crippen LogP contribution in [0, 0.1) is 0 Å². The minimum Gasteiger partial charge on any atom is -0.469 e. The molecule has 1 aliphatic rings. The molecule has 0 aliphatic carbocycles. The van der Waals surface area contributed by atoms with Gasteiger partial charge in [0.1, 0.15) is 0 Å². The fraction of sp³-hybridized carbons (Fsp3) is 0.885. The first-order valence-electron chi connectivity index (χ1n) is 13.0. The maximum atomic E-state index is 10.7. The highest BCUT2D eigenvalue weighted by atomic mass is 35.5. The van der Waals surface area contributed by atoms with Crippen LogP contribution in [-0.2, 0) is 23.9 Å². The summed E-state index contributed by atoms with van der Waals surface area (Å²) in [6.45, 7) is 13.6. The molecule has 0 atom stereocenters. The van der Waals surface area contributed by atoms with Crippen molar-refractivity contribution in [2.45, 2.75) is 118 Å². The first kappa shape index (κ1) is 36.4. The second-order valence-corrected chi connectivity index (χ2v) is 8.55. The van der Waals surface area contributed by atoms with Crippen LogP contribution >= 0.6 is 11.6 Å². The van der Waals surface area contributed by atoms with Gasteiger partial charge in [-0.05, 0) is 69.8 Å². The Labute approximate surface area is 209 Å². The predicted octanol–water partition coefficient (Wildman–Crippen LogP) is 6.91. The molecule has 33 heavy (non-hydrogen) atoms. The number of nitrogens with zero attached hydrogens (tertiary/aromatic N) is 1. The summed E-state index contributed by atoms with van der Waals surface area (Å²) in [4.78, 5) is 33.0. The summed E-state index contributed by atoms with van der Waals surface area (Å²) in [6, 6.07) is 0. The van der Waals surface area contributed by atoms with Crippen LogP contribution in [0.15, 0.2) is 0 Å². The Bertz CT molecular complexity index is 415. The molecule has 1 rings (SSSR count). The highest BCUT2D eigenvalue weighted by molar-refractivity contribution is 6.63. The number of hydrogen-bond acceptors (Lipinski definition) is 6. The molecule has 0 saturated carbocycles. The number of ether oxygens (including phenoxy) is 2. The van der Waals surface area contributed by atoms with E-state index >= 15 is 0 Å². The zero-order valence-electron chi connectivity index (χ0n) is 22.2. The third-order valence-electron chi connectivity index (χ3n) is 4.69. The van der Waals surface area contributed by atoms with Crippen molar-refractivity contribution in [2.24, 2.45) is 0 Å². The molecule has 1 heterocycles. The summed E-state index contributed by atoms with van der Waals surface area (Å²) in [5, 5.41) is -0.221. The van der Waals surface area contributed by atoms with Gasteiger partial charge in [0.15, 0.2) is 0 Å². The van der Waals surface area contributed by atoms with Crippen LogP contribution in [0.2, 0.25) is 0 Å². The average molecular weight is 494 g/mol. The van der Waals surface area contributed by atoms with Gasteiger partial charge in [0.25, 0.3) is 6.47 Å². The molecule has 0 spiro atoms. The molecule has 7 heteroatoms. The predicted molar refractivity (Wildman–Crippen MR) is 139 cm³/mol. The first-order chi connectivity index (χ1) is 15.9. The van der Waals surface area contributed by atoms with E-state index in [1.165, 1.54) is 58.8 Å². The maximum absolute atomic E-state index is 10.7. The van der Waals surface area contributed by atoms with E-state index in [4.69, 9.17) is 11.6 Å². The summed E-state index contributed by atoms with van der Waals surface area (Å²) < 4.78 is 9.05. The number of carbonyl (C=O) groups is 3. The van der Waals surface area contributed by atoms with Crippen molar-refractivity contribution in [3.8, 4) is 0 Å². The van der Waals surface area contributed by atoms with E-state index in [-0.39, 0.29) is 11.2 Å². The lowest BCUT2D eigenvalue weighted by Gasteiger charge is -2.12. The number of hydrogen-bond donors (Lipinski definition) is 0. The zero-order chi connectivity index (χ0) is 25.6. The van der Waals surface area contributed by atoms with E-state index < -0.39 is 0 Å². The summed E-state index contributed by atoms with van der Waals surface area (Å²) in [6.07, 6.45) is 14.7. The van der Waals surface area contributed by atoms with Crippen LogP contribution in [0.3, 0.4) is 0 Å². The van der Waals surface area contributed by atoms with Crippen LogP contribution in [0.25, 0.3) is 0 Å². The fourth-order valence-corrected chi connectivity index (χ4v) is 2.97. The van der Waals surface area contributed by atoms with Gasteiger partial charge in [0.2, 0.25) is 5.24 Å². The average Bonchev–Trinajstić information content (AvgIpc) is 3.33. The van der Waals surface area contributed by atoms with E-state index in [0.29, 0.717) is 25.9 Å². The van der Waals surface area contributed by atoms with Gasteiger partial charge in [-0.15, -0.1) is 0 Å². The fourth-order valence-electron chi connectivity index (χ4n) is 2.84. The van der Waals surface area contributed by atoms with Crippen LogP contribution in [-0.4, -0.2) is 55.9 Å². The second kappa shape index (κ2) is 33.0. The van der Waals surface area contributed by atoms with Gasteiger partial charge in [-0.2, -0.15) is 0 Å². The smallest absolute Gasteiger partial charge is 0.305 e. The lowest BCUT2D eigenvalue weighted by Crippen LogP contribution is -2.19. The summed E-state index contributed by atoms with van der Waals surface area (Å²) in [7, 11) is 1.40. The molecule has 0 aromatic heterocycles. The molecule has 1 fully saturated rings. The standard InChI is InChI=1S/C10H18O4.C8H17N.C5H9ClO.C3H8/c1-13-10(12)7-5-3-2-4-6-8-14-9-11;1-2-3-6-9-7-4-5-8-9;1-2-3-4-5(6)7;1-3-2/h9H,2-8H2,1H3;2-8H2,1H3;2-4H2,1H3;3H2,1-2H3. The SMILES string of the molecule is CCC.CCCCC(=O)Cl.CCCCN1CCCC1.COC(=O)CCCCCCCOC=O. The number of methoxy groups -OCH3 is 1. The van der Waals surface area contributed by atoms with Crippen molar-refractivity contribution in [3.05, 3.63) is 0 Å². The number of rotatable bonds is 15. The zero-order valence-corrected chi connectivity index (χ0v) is 22.9. The van der Waals surface area contributed by atoms with Crippen LogP contribution in [0.1, 0.15) is 118 Å². The van der Waals surface area contributed by atoms with E-state index in [1.807, 2.05) is 6.92 Å². The summed E-state index contributed by atoms with van der Waals surface area (Å²) >= 11 is 5.02. The molecule has 0 amide bonds. The maximum Gasteiger partial charge on any atom is 0.305 e. The van der Waals surface area contributed by atoms with Crippen molar-refractivity contribution < 1.29 is 23.9 Å². The van der Waals surface area contributed by atoms with Crippen molar-refractivity contribution in [1.82, 2.24) is 4.90 Å². The first-order valence-corrected chi connectivity index (χ1v) is 13.3.